The van der Waals surface area contributed by atoms with Crippen LogP contribution in [0.3, 0.4) is 0 Å². The Balaban J connectivity index is 2.07. The number of thiazole rings is 1. The number of carbonyl (C=O) groups excluding carboxylic acids is 1. The summed E-state index contributed by atoms with van der Waals surface area (Å²) >= 11 is 3.22. The predicted octanol–water partition coefficient (Wildman–Crippen LogP) is 2.16. The van der Waals surface area contributed by atoms with Gasteiger partial charge in [-0.1, -0.05) is 6.92 Å². The highest BCUT2D eigenvalue weighted by Gasteiger charge is 2.13. The molecule has 1 N–H and O–H groups in total. The first-order chi connectivity index (χ1) is 9.26. The van der Waals surface area contributed by atoms with E-state index in [2.05, 4.69) is 26.4 Å². The van der Waals surface area contributed by atoms with Crippen LogP contribution in [0.4, 0.5) is 0 Å². The van der Waals surface area contributed by atoms with E-state index in [1.807, 2.05) is 11.6 Å². The van der Waals surface area contributed by atoms with Gasteiger partial charge in [-0.25, -0.2) is 4.98 Å². The summed E-state index contributed by atoms with van der Waals surface area (Å²) in [5.74, 6) is 0.512. The molecule has 0 aliphatic carbocycles. The summed E-state index contributed by atoms with van der Waals surface area (Å²) in [6, 6.07) is 0. The Kier molecular flexibility index (Phi) is 5.24. The quantitative estimate of drug-likeness (QED) is 0.627. The third-order valence-corrected chi connectivity index (χ3v) is 4.40. The van der Waals surface area contributed by atoms with Crippen molar-refractivity contribution >= 4 is 34.0 Å². The predicted molar refractivity (Wildman–Crippen MR) is 77.8 cm³/mol. The van der Waals surface area contributed by atoms with Crippen molar-refractivity contribution in [2.75, 3.05) is 19.4 Å². The zero-order valence-corrected chi connectivity index (χ0v) is 12.6. The molecule has 0 saturated heterocycles. The van der Waals surface area contributed by atoms with Crippen LogP contribution >= 0.6 is 23.1 Å². The van der Waals surface area contributed by atoms with Crippen LogP contribution in [-0.2, 0) is 16.1 Å². The molecule has 7 heteroatoms. The molecule has 19 heavy (non-hydrogen) atoms. The van der Waals surface area contributed by atoms with Crippen molar-refractivity contribution in [2.45, 2.75) is 24.9 Å². The number of ether oxygens (including phenoxy) is 1. The van der Waals surface area contributed by atoms with E-state index in [4.69, 9.17) is 0 Å². The molecule has 0 atom stereocenters. The summed E-state index contributed by atoms with van der Waals surface area (Å²) in [4.78, 5) is 16.7. The summed E-state index contributed by atoms with van der Waals surface area (Å²) < 4.78 is 6.74. The van der Waals surface area contributed by atoms with Crippen molar-refractivity contribution in [2.24, 2.45) is 0 Å². The van der Waals surface area contributed by atoms with Crippen molar-refractivity contribution in [3.05, 3.63) is 17.3 Å². The monoisotopic (exact) mass is 299 g/mol. The van der Waals surface area contributed by atoms with Crippen LogP contribution in [0.25, 0.3) is 4.96 Å². The Hall–Kier alpha value is -1.05. The van der Waals surface area contributed by atoms with Gasteiger partial charge >= 0.3 is 5.97 Å². The van der Waals surface area contributed by atoms with Gasteiger partial charge in [-0.2, -0.15) is 0 Å². The van der Waals surface area contributed by atoms with E-state index in [1.54, 1.807) is 23.1 Å². The van der Waals surface area contributed by atoms with E-state index < -0.39 is 0 Å². The van der Waals surface area contributed by atoms with Gasteiger partial charge in [0.2, 0.25) is 0 Å². The highest BCUT2D eigenvalue weighted by Crippen LogP contribution is 2.26. The average Bonchev–Trinajstić information content (AvgIpc) is 2.97. The molecule has 5 nitrogen and oxygen atoms in total. The number of fused-ring (bicyclic) bond motifs is 1. The van der Waals surface area contributed by atoms with Crippen LogP contribution in [-0.4, -0.2) is 34.8 Å². The summed E-state index contributed by atoms with van der Waals surface area (Å²) in [7, 11) is 1.41. The first kappa shape index (κ1) is 14.4. The molecule has 0 bridgehead atoms. The first-order valence-corrected chi connectivity index (χ1v) is 7.97. The van der Waals surface area contributed by atoms with Crippen molar-refractivity contribution in [1.29, 1.82) is 0 Å². The average molecular weight is 299 g/mol. The lowest BCUT2D eigenvalue weighted by atomic mass is 10.4. The number of aromatic nitrogens is 2. The van der Waals surface area contributed by atoms with E-state index in [1.165, 1.54) is 7.11 Å². The molecular weight excluding hydrogens is 282 g/mol. The van der Waals surface area contributed by atoms with Crippen molar-refractivity contribution in [3.63, 3.8) is 0 Å². The molecule has 0 spiro atoms. The Bertz CT molecular complexity index is 550. The van der Waals surface area contributed by atoms with Crippen molar-refractivity contribution < 1.29 is 9.53 Å². The fraction of sp³-hybridized carbons (Fsp3) is 0.500. The first-order valence-electron chi connectivity index (χ1n) is 6.11. The van der Waals surface area contributed by atoms with Crippen LogP contribution in [0.1, 0.15) is 19.0 Å². The maximum absolute atomic E-state index is 11.1. The van der Waals surface area contributed by atoms with E-state index in [-0.39, 0.29) is 5.97 Å². The number of imidazole rings is 1. The molecule has 2 aromatic heterocycles. The molecule has 104 valence electrons. The lowest BCUT2D eigenvalue weighted by molar-refractivity contribution is -0.140. The zero-order chi connectivity index (χ0) is 13.7. The van der Waals surface area contributed by atoms with Crippen LogP contribution in [0, 0.1) is 0 Å². The Labute approximate surface area is 120 Å². The van der Waals surface area contributed by atoms with Crippen LogP contribution < -0.4 is 5.32 Å². The van der Waals surface area contributed by atoms with Gasteiger partial charge in [0.1, 0.15) is 5.03 Å². The maximum Gasteiger partial charge on any atom is 0.306 e. The molecule has 0 fully saturated rings. The fourth-order valence-corrected chi connectivity index (χ4v) is 3.41. The SMILES string of the molecule is CCNCc1c(SCCC(=O)OC)nc2sccn12. The number of nitrogens with one attached hydrogen (secondary N) is 1. The number of thioether (sulfide) groups is 1. The maximum atomic E-state index is 11.1. The summed E-state index contributed by atoms with van der Waals surface area (Å²) in [5.41, 5.74) is 1.16. The van der Waals surface area contributed by atoms with Gasteiger partial charge in [0.25, 0.3) is 0 Å². The minimum absolute atomic E-state index is 0.179. The van der Waals surface area contributed by atoms with Gasteiger partial charge < -0.3 is 10.1 Å². The molecule has 0 radical (unpaired) electrons. The molecule has 0 aromatic carbocycles. The Morgan fingerprint density at radius 2 is 2.47 bits per heavy atom. The lowest BCUT2D eigenvalue weighted by Gasteiger charge is -2.04. The standard InChI is InChI=1S/C12H17N3O2S2/c1-3-13-8-9-11(18-6-4-10(16)17-2)14-12-15(9)5-7-19-12/h5,7,13H,3-4,6,8H2,1-2H3. The summed E-state index contributed by atoms with van der Waals surface area (Å²) in [6.45, 7) is 3.79. The Morgan fingerprint density at radius 3 is 3.21 bits per heavy atom. The molecule has 0 amide bonds. The molecule has 0 aliphatic heterocycles. The minimum atomic E-state index is -0.179. The lowest BCUT2D eigenvalue weighted by Crippen LogP contribution is -2.13. The number of hydrogen-bond acceptors (Lipinski definition) is 6. The van der Waals surface area contributed by atoms with Crippen molar-refractivity contribution in [1.82, 2.24) is 14.7 Å². The number of esters is 1. The second-order valence-corrected chi connectivity index (χ2v) is 5.83. The van der Waals surface area contributed by atoms with E-state index in [9.17, 15) is 4.79 Å². The molecule has 0 saturated carbocycles. The van der Waals surface area contributed by atoms with Crippen LogP contribution in [0.15, 0.2) is 16.6 Å². The molecular formula is C12H17N3O2S2. The smallest absolute Gasteiger partial charge is 0.306 e. The van der Waals surface area contributed by atoms with Gasteiger partial charge in [0.05, 0.1) is 19.2 Å². The van der Waals surface area contributed by atoms with E-state index in [0.717, 1.165) is 28.8 Å². The molecule has 2 aromatic rings. The number of carbonyl (C=O) groups is 1. The van der Waals surface area contributed by atoms with Crippen LogP contribution in [0.2, 0.25) is 0 Å². The van der Waals surface area contributed by atoms with Gasteiger partial charge in [-0.3, -0.25) is 9.20 Å². The Morgan fingerprint density at radius 1 is 1.63 bits per heavy atom. The number of hydrogen-bond donors (Lipinski definition) is 1. The van der Waals surface area contributed by atoms with Gasteiger partial charge in [-0.15, -0.1) is 23.1 Å². The molecule has 2 heterocycles. The molecule has 2 rings (SSSR count). The normalized spacial score (nSPS) is 11.1. The highest BCUT2D eigenvalue weighted by molar-refractivity contribution is 7.99. The summed E-state index contributed by atoms with van der Waals surface area (Å²) in [5, 5.41) is 6.35. The number of rotatable bonds is 7. The second kappa shape index (κ2) is 6.93. The highest BCUT2D eigenvalue weighted by atomic mass is 32.2. The number of nitrogens with zero attached hydrogens (tertiary/aromatic N) is 2. The fourth-order valence-electron chi connectivity index (χ4n) is 1.67. The molecule has 0 aliphatic rings. The third-order valence-electron chi connectivity index (χ3n) is 2.64. The van der Waals surface area contributed by atoms with Gasteiger partial charge in [0.15, 0.2) is 4.96 Å². The minimum Gasteiger partial charge on any atom is -0.469 e. The zero-order valence-electron chi connectivity index (χ0n) is 11.0. The van der Waals surface area contributed by atoms with E-state index >= 15 is 0 Å². The van der Waals surface area contributed by atoms with Gasteiger partial charge in [-0.05, 0) is 6.54 Å². The number of methoxy groups -OCH3 is 1. The van der Waals surface area contributed by atoms with Crippen molar-refractivity contribution in [3.8, 4) is 0 Å². The summed E-state index contributed by atoms with van der Waals surface area (Å²) in [6.07, 6.45) is 2.44. The largest absolute Gasteiger partial charge is 0.469 e. The van der Waals surface area contributed by atoms with Crippen LogP contribution in [0.5, 0.6) is 0 Å². The second-order valence-electron chi connectivity index (χ2n) is 3.87. The molecule has 0 unspecified atom stereocenters. The van der Waals surface area contributed by atoms with E-state index in [0.29, 0.717) is 12.2 Å². The van der Waals surface area contributed by atoms with Gasteiger partial charge in [0, 0.05) is 23.9 Å². The topological polar surface area (TPSA) is 55.6 Å². The third kappa shape index (κ3) is 3.49.